The fraction of sp³-hybridized carbons (Fsp3) is 0.929. The highest BCUT2D eigenvalue weighted by molar-refractivity contribution is 5.68. The maximum Gasteiger partial charge on any atom is 0.305 e. The molecule has 18 heavy (non-hydrogen) atoms. The van der Waals surface area contributed by atoms with Crippen molar-refractivity contribution in [1.82, 2.24) is 10.6 Å². The lowest BCUT2D eigenvalue weighted by atomic mass is 9.84. The van der Waals surface area contributed by atoms with Gasteiger partial charge in [0.1, 0.15) is 0 Å². The van der Waals surface area contributed by atoms with E-state index >= 15 is 0 Å². The summed E-state index contributed by atoms with van der Waals surface area (Å²) in [6.07, 6.45) is 8.23. The molecule has 0 unspecified atom stereocenters. The Morgan fingerprint density at radius 3 is 2.39 bits per heavy atom. The van der Waals surface area contributed by atoms with Crippen molar-refractivity contribution in [3.8, 4) is 0 Å². The standard InChI is InChI=1S/C14H26N2O2/c1-11(12-6-4-2-3-5-7-12)16-14(8-13(17)18)9-15-10-14/h11-12,15-16H,2-10H2,1H3,(H,17,18)/t11-/m1/s1. The molecule has 0 aromatic heterocycles. The minimum atomic E-state index is -0.697. The molecule has 0 aromatic carbocycles. The fourth-order valence-corrected chi connectivity index (χ4v) is 3.41. The van der Waals surface area contributed by atoms with Gasteiger partial charge >= 0.3 is 5.97 Å². The van der Waals surface area contributed by atoms with E-state index in [0.717, 1.165) is 19.0 Å². The molecule has 1 aliphatic carbocycles. The van der Waals surface area contributed by atoms with Crippen LogP contribution in [0.3, 0.4) is 0 Å². The van der Waals surface area contributed by atoms with E-state index in [0.29, 0.717) is 6.04 Å². The van der Waals surface area contributed by atoms with Crippen LogP contribution in [-0.4, -0.2) is 35.7 Å². The third-order valence-electron chi connectivity index (χ3n) is 4.56. The van der Waals surface area contributed by atoms with E-state index in [-0.39, 0.29) is 12.0 Å². The van der Waals surface area contributed by atoms with Crippen LogP contribution < -0.4 is 10.6 Å². The highest BCUT2D eigenvalue weighted by Gasteiger charge is 2.40. The molecule has 2 aliphatic rings. The first-order chi connectivity index (χ1) is 8.61. The molecule has 0 radical (unpaired) electrons. The van der Waals surface area contributed by atoms with Crippen LogP contribution in [0.4, 0.5) is 0 Å². The Bertz CT molecular complexity index is 282. The Balaban J connectivity index is 1.88. The van der Waals surface area contributed by atoms with E-state index in [9.17, 15) is 4.79 Å². The third-order valence-corrected chi connectivity index (χ3v) is 4.56. The number of rotatable bonds is 5. The first-order valence-electron chi connectivity index (χ1n) is 7.31. The van der Waals surface area contributed by atoms with Crippen LogP contribution in [0.5, 0.6) is 0 Å². The zero-order valence-corrected chi connectivity index (χ0v) is 11.4. The summed E-state index contributed by atoms with van der Waals surface area (Å²) in [7, 11) is 0. The van der Waals surface area contributed by atoms with Crippen LogP contribution in [0.15, 0.2) is 0 Å². The summed E-state index contributed by atoms with van der Waals surface area (Å²) >= 11 is 0. The molecular formula is C14H26N2O2. The number of aliphatic carboxylic acids is 1. The number of hydrogen-bond donors (Lipinski definition) is 3. The number of nitrogens with one attached hydrogen (secondary N) is 2. The summed E-state index contributed by atoms with van der Waals surface area (Å²) in [5, 5.41) is 15.8. The Labute approximate surface area is 110 Å². The molecule has 4 heteroatoms. The average Bonchev–Trinajstić information content (AvgIpc) is 2.53. The van der Waals surface area contributed by atoms with Crippen molar-refractivity contribution < 1.29 is 9.90 Å². The van der Waals surface area contributed by atoms with Crippen LogP contribution in [0.2, 0.25) is 0 Å². The minimum Gasteiger partial charge on any atom is -0.481 e. The van der Waals surface area contributed by atoms with E-state index < -0.39 is 5.97 Å². The van der Waals surface area contributed by atoms with Gasteiger partial charge in [-0.1, -0.05) is 25.7 Å². The summed E-state index contributed by atoms with van der Waals surface area (Å²) in [6, 6.07) is 0.435. The summed E-state index contributed by atoms with van der Waals surface area (Å²) in [5.41, 5.74) is -0.197. The molecule has 3 N–H and O–H groups in total. The van der Waals surface area contributed by atoms with Crippen molar-refractivity contribution in [1.29, 1.82) is 0 Å². The van der Waals surface area contributed by atoms with Crippen molar-refractivity contribution in [2.75, 3.05) is 13.1 Å². The Hall–Kier alpha value is -0.610. The Morgan fingerprint density at radius 1 is 1.33 bits per heavy atom. The number of carboxylic acids is 1. The number of carbonyl (C=O) groups is 1. The van der Waals surface area contributed by atoms with Crippen LogP contribution in [0.1, 0.15) is 51.9 Å². The molecule has 1 aliphatic heterocycles. The predicted molar refractivity (Wildman–Crippen MR) is 71.6 cm³/mol. The van der Waals surface area contributed by atoms with Crippen molar-refractivity contribution >= 4 is 5.97 Å². The van der Waals surface area contributed by atoms with Gasteiger partial charge in [0.15, 0.2) is 0 Å². The van der Waals surface area contributed by atoms with Gasteiger partial charge in [-0.2, -0.15) is 0 Å². The lowest BCUT2D eigenvalue weighted by Crippen LogP contribution is -2.70. The van der Waals surface area contributed by atoms with Gasteiger partial charge < -0.3 is 15.7 Å². The second-order valence-corrected chi connectivity index (χ2v) is 6.14. The first-order valence-corrected chi connectivity index (χ1v) is 7.31. The van der Waals surface area contributed by atoms with Gasteiger partial charge in [-0.3, -0.25) is 4.79 Å². The maximum atomic E-state index is 11.0. The smallest absolute Gasteiger partial charge is 0.305 e. The average molecular weight is 254 g/mol. The van der Waals surface area contributed by atoms with E-state index in [1.54, 1.807) is 0 Å². The molecule has 1 saturated carbocycles. The molecular weight excluding hydrogens is 228 g/mol. The summed E-state index contributed by atoms with van der Waals surface area (Å²) in [4.78, 5) is 11.0. The van der Waals surface area contributed by atoms with Gasteiger partial charge in [-0.05, 0) is 25.7 Å². The number of hydrogen-bond acceptors (Lipinski definition) is 3. The normalized spacial score (nSPS) is 26.1. The molecule has 0 amide bonds. The van der Waals surface area contributed by atoms with Gasteiger partial charge in [-0.15, -0.1) is 0 Å². The molecule has 4 nitrogen and oxygen atoms in total. The van der Waals surface area contributed by atoms with Crippen molar-refractivity contribution in [2.45, 2.75) is 63.5 Å². The summed E-state index contributed by atoms with van der Waals surface area (Å²) in [6.45, 7) is 3.81. The molecule has 1 saturated heterocycles. The number of carboxylic acid groups (broad SMARTS) is 1. The van der Waals surface area contributed by atoms with Gasteiger partial charge in [0.25, 0.3) is 0 Å². The molecule has 0 bridgehead atoms. The molecule has 1 atom stereocenters. The van der Waals surface area contributed by atoms with Gasteiger partial charge in [0, 0.05) is 19.1 Å². The maximum absolute atomic E-state index is 11.0. The van der Waals surface area contributed by atoms with Gasteiger partial charge in [0.2, 0.25) is 0 Å². The summed E-state index contributed by atoms with van der Waals surface area (Å²) in [5.74, 6) is 0.0239. The van der Waals surface area contributed by atoms with Crippen LogP contribution in [0.25, 0.3) is 0 Å². The quantitative estimate of drug-likeness (QED) is 0.654. The van der Waals surface area contributed by atoms with Crippen molar-refractivity contribution in [3.63, 3.8) is 0 Å². The van der Waals surface area contributed by atoms with Gasteiger partial charge in [-0.25, -0.2) is 0 Å². The lowest BCUT2D eigenvalue weighted by Gasteiger charge is -2.45. The fourth-order valence-electron chi connectivity index (χ4n) is 3.41. The first kappa shape index (κ1) is 13.8. The van der Waals surface area contributed by atoms with Crippen LogP contribution in [-0.2, 0) is 4.79 Å². The Kier molecular flexibility index (Phi) is 4.62. The molecule has 104 valence electrons. The Morgan fingerprint density at radius 2 is 1.94 bits per heavy atom. The predicted octanol–water partition coefficient (Wildman–Crippen LogP) is 1.75. The zero-order valence-electron chi connectivity index (χ0n) is 11.4. The monoisotopic (exact) mass is 254 g/mol. The molecule has 0 aromatic rings. The van der Waals surface area contributed by atoms with Crippen molar-refractivity contribution in [2.24, 2.45) is 5.92 Å². The molecule has 1 heterocycles. The van der Waals surface area contributed by atoms with E-state index in [1.165, 1.54) is 38.5 Å². The zero-order chi connectivity index (χ0) is 13.0. The van der Waals surface area contributed by atoms with Crippen LogP contribution in [0, 0.1) is 5.92 Å². The summed E-state index contributed by atoms with van der Waals surface area (Å²) < 4.78 is 0. The largest absolute Gasteiger partial charge is 0.481 e. The second kappa shape index (κ2) is 6.02. The SMILES string of the molecule is C[C@@H](NC1(CC(=O)O)CNC1)C1CCCCCC1. The highest BCUT2D eigenvalue weighted by atomic mass is 16.4. The topological polar surface area (TPSA) is 61.4 Å². The molecule has 2 fully saturated rings. The minimum absolute atomic E-state index is 0.197. The van der Waals surface area contributed by atoms with E-state index in [1.807, 2.05) is 0 Å². The highest BCUT2D eigenvalue weighted by Crippen LogP contribution is 2.27. The second-order valence-electron chi connectivity index (χ2n) is 6.14. The van der Waals surface area contributed by atoms with Gasteiger partial charge in [0.05, 0.1) is 12.0 Å². The van der Waals surface area contributed by atoms with E-state index in [2.05, 4.69) is 17.6 Å². The molecule has 2 rings (SSSR count). The van der Waals surface area contributed by atoms with Crippen molar-refractivity contribution in [3.05, 3.63) is 0 Å². The lowest BCUT2D eigenvalue weighted by molar-refractivity contribution is -0.139. The van der Waals surface area contributed by atoms with E-state index in [4.69, 9.17) is 5.11 Å². The molecule has 0 spiro atoms. The third kappa shape index (κ3) is 3.45. The van der Waals surface area contributed by atoms with Crippen LogP contribution >= 0.6 is 0 Å².